The molecule has 1 aliphatic heterocycles. The van der Waals surface area contributed by atoms with Gasteiger partial charge in [0, 0.05) is 18.6 Å². The summed E-state index contributed by atoms with van der Waals surface area (Å²) in [6, 6.07) is 1.17. The smallest absolute Gasteiger partial charge is 0.322 e. The molecule has 1 aliphatic carbocycles. The molecular weight excluding hydrogens is 228 g/mol. The maximum absolute atomic E-state index is 11.7. The highest BCUT2D eigenvalue weighted by Gasteiger charge is 2.30. The van der Waals surface area contributed by atoms with Gasteiger partial charge in [-0.15, -0.1) is 0 Å². The first-order chi connectivity index (χ1) is 8.74. The highest BCUT2D eigenvalue weighted by atomic mass is 16.5. The molecule has 2 atom stereocenters. The molecule has 0 spiro atoms. The normalized spacial score (nSPS) is 26.2. The number of hydrogen-bond acceptors (Lipinski definition) is 4. The van der Waals surface area contributed by atoms with Crippen LogP contribution < -0.4 is 5.32 Å². The Morgan fingerprint density at radius 2 is 2.22 bits per heavy atom. The van der Waals surface area contributed by atoms with Gasteiger partial charge in [0.2, 0.25) is 0 Å². The average Bonchev–Trinajstić information content (AvgIpc) is 3.09. The number of nitrogens with zero attached hydrogens (tertiary/aromatic N) is 1. The molecule has 0 aromatic heterocycles. The van der Waals surface area contributed by atoms with E-state index >= 15 is 0 Å². The molecule has 2 rings (SSSR count). The first kappa shape index (κ1) is 13.8. The lowest BCUT2D eigenvalue weighted by Crippen LogP contribution is -2.42. The van der Waals surface area contributed by atoms with Gasteiger partial charge in [-0.2, -0.15) is 0 Å². The van der Waals surface area contributed by atoms with Crippen molar-refractivity contribution in [2.24, 2.45) is 0 Å². The van der Waals surface area contributed by atoms with Crippen LogP contribution >= 0.6 is 0 Å². The molecular formula is C14H26N2O2. The first-order valence-electron chi connectivity index (χ1n) is 7.32. The third-order valence-corrected chi connectivity index (χ3v) is 4.18. The lowest BCUT2D eigenvalue weighted by Gasteiger charge is -2.25. The van der Waals surface area contributed by atoms with Gasteiger partial charge < -0.3 is 15.0 Å². The van der Waals surface area contributed by atoms with Crippen molar-refractivity contribution in [2.75, 3.05) is 20.2 Å². The van der Waals surface area contributed by atoms with Gasteiger partial charge in [0.25, 0.3) is 0 Å². The number of carbonyl (C=O) groups excluding carboxylic acids is 1. The molecule has 0 aromatic rings. The number of ether oxygens (including phenoxy) is 1. The van der Waals surface area contributed by atoms with E-state index in [0.717, 1.165) is 19.0 Å². The van der Waals surface area contributed by atoms with Crippen LogP contribution in [0.15, 0.2) is 0 Å². The van der Waals surface area contributed by atoms with Crippen LogP contribution in [0.2, 0.25) is 0 Å². The van der Waals surface area contributed by atoms with Crippen LogP contribution in [0, 0.1) is 0 Å². The average molecular weight is 254 g/mol. The number of nitrogens with one attached hydrogen (secondary N) is 1. The van der Waals surface area contributed by atoms with Crippen LogP contribution in [0.25, 0.3) is 0 Å². The molecule has 1 saturated heterocycles. The van der Waals surface area contributed by atoms with E-state index in [1.54, 1.807) is 0 Å². The molecule has 104 valence electrons. The monoisotopic (exact) mass is 254 g/mol. The van der Waals surface area contributed by atoms with Crippen molar-refractivity contribution in [3.8, 4) is 0 Å². The Morgan fingerprint density at radius 1 is 1.44 bits per heavy atom. The molecule has 0 radical (unpaired) electrons. The summed E-state index contributed by atoms with van der Waals surface area (Å²) in [7, 11) is 1.48. The topological polar surface area (TPSA) is 41.6 Å². The zero-order valence-corrected chi connectivity index (χ0v) is 11.7. The minimum absolute atomic E-state index is 0.103. The van der Waals surface area contributed by atoms with E-state index < -0.39 is 0 Å². The van der Waals surface area contributed by atoms with Crippen molar-refractivity contribution in [3.63, 3.8) is 0 Å². The summed E-state index contributed by atoms with van der Waals surface area (Å²) in [4.78, 5) is 14.3. The van der Waals surface area contributed by atoms with E-state index in [1.807, 2.05) is 0 Å². The molecule has 1 N–H and O–H groups in total. The Morgan fingerprint density at radius 3 is 2.83 bits per heavy atom. The zero-order valence-electron chi connectivity index (χ0n) is 11.7. The van der Waals surface area contributed by atoms with Crippen molar-refractivity contribution in [3.05, 3.63) is 0 Å². The maximum Gasteiger partial charge on any atom is 0.322 e. The lowest BCUT2D eigenvalue weighted by atomic mass is 10.1. The Balaban J connectivity index is 1.78. The molecule has 1 saturated carbocycles. The molecule has 0 aromatic carbocycles. The molecule has 2 unspecified atom stereocenters. The molecule has 4 heteroatoms. The standard InChI is InChI=1S/C14H26N2O2/c1-3-12-5-4-9-16(12)10-8-13(14(17)18-2)15-11-6-7-11/h11-13,15H,3-10H2,1-2H3. The van der Waals surface area contributed by atoms with E-state index in [9.17, 15) is 4.79 Å². The van der Waals surface area contributed by atoms with Gasteiger partial charge in [-0.25, -0.2) is 0 Å². The second kappa shape index (κ2) is 6.53. The van der Waals surface area contributed by atoms with Crippen LogP contribution in [0.1, 0.15) is 45.4 Å². The van der Waals surface area contributed by atoms with Gasteiger partial charge in [0.1, 0.15) is 6.04 Å². The summed E-state index contributed by atoms with van der Waals surface area (Å²) in [5, 5.41) is 3.40. The van der Waals surface area contributed by atoms with Crippen LogP contribution in [0.3, 0.4) is 0 Å². The quantitative estimate of drug-likeness (QED) is 0.700. The zero-order chi connectivity index (χ0) is 13.0. The van der Waals surface area contributed by atoms with Crippen molar-refractivity contribution in [2.45, 2.75) is 63.6 Å². The summed E-state index contributed by atoms with van der Waals surface area (Å²) in [5.41, 5.74) is 0. The second-order valence-electron chi connectivity index (χ2n) is 5.55. The fourth-order valence-electron chi connectivity index (χ4n) is 2.89. The molecule has 1 heterocycles. The van der Waals surface area contributed by atoms with Gasteiger partial charge in [-0.05, 0) is 45.1 Å². The summed E-state index contributed by atoms with van der Waals surface area (Å²) in [6.07, 6.45) is 7.12. The Hall–Kier alpha value is -0.610. The van der Waals surface area contributed by atoms with Crippen molar-refractivity contribution >= 4 is 5.97 Å². The third-order valence-electron chi connectivity index (χ3n) is 4.18. The van der Waals surface area contributed by atoms with Gasteiger partial charge in [0.05, 0.1) is 7.11 Å². The third kappa shape index (κ3) is 3.69. The maximum atomic E-state index is 11.7. The second-order valence-corrected chi connectivity index (χ2v) is 5.55. The number of rotatable bonds is 7. The molecule has 4 nitrogen and oxygen atoms in total. The predicted molar refractivity (Wildman–Crippen MR) is 71.5 cm³/mol. The summed E-state index contributed by atoms with van der Waals surface area (Å²) in [5.74, 6) is -0.103. The van der Waals surface area contributed by atoms with E-state index in [4.69, 9.17) is 4.74 Å². The van der Waals surface area contributed by atoms with E-state index in [0.29, 0.717) is 6.04 Å². The summed E-state index contributed by atoms with van der Waals surface area (Å²) < 4.78 is 4.89. The predicted octanol–water partition coefficient (Wildman–Crippen LogP) is 1.54. The number of likely N-dealkylation sites (tertiary alicyclic amines) is 1. The van der Waals surface area contributed by atoms with Gasteiger partial charge in [-0.3, -0.25) is 4.79 Å². The molecule has 0 bridgehead atoms. The summed E-state index contributed by atoms with van der Waals surface area (Å²) >= 11 is 0. The van der Waals surface area contributed by atoms with Crippen LogP contribution in [0.5, 0.6) is 0 Å². The molecule has 0 amide bonds. The Kier molecular flexibility index (Phi) is 5.01. The van der Waals surface area contributed by atoms with Crippen LogP contribution in [-0.2, 0) is 9.53 Å². The Bertz CT molecular complexity index is 279. The number of carbonyl (C=O) groups is 1. The van der Waals surface area contributed by atoms with Gasteiger partial charge in [0.15, 0.2) is 0 Å². The minimum atomic E-state index is -0.111. The molecule has 2 fully saturated rings. The van der Waals surface area contributed by atoms with E-state index in [-0.39, 0.29) is 12.0 Å². The first-order valence-corrected chi connectivity index (χ1v) is 7.32. The van der Waals surface area contributed by atoms with Gasteiger partial charge in [-0.1, -0.05) is 6.92 Å². The number of esters is 1. The Labute approximate surface area is 110 Å². The number of methoxy groups -OCH3 is 1. The van der Waals surface area contributed by atoms with Crippen molar-refractivity contribution < 1.29 is 9.53 Å². The van der Waals surface area contributed by atoms with Crippen LogP contribution in [-0.4, -0.2) is 49.2 Å². The molecule has 2 aliphatic rings. The van der Waals surface area contributed by atoms with Gasteiger partial charge >= 0.3 is 5.97 Å². The summed E-state index contributed by atoms with van der Waals surface area (Å²) in [6.45, 7) is 4.46. The SMILES string of the molecule is CCC1CCCN1CCC(NC1CC1)C(=O)OC. The lowest BCUT2D eigenvalue weighted by molar-refractivity contribution is -0.143. The minimum Gasteiger partial charge on any atom is -0.468 e. The molecule has 18 heavy (non-hydrogen) atoms. The van der Waals surface area contributed by atoms with Crippen LogP contribution in [0.4, 0.5) is 0 Å². The highest BCUT2D eigenvalue weighted by Crippen LogP contribution is 2.22. The highest BCUT2D eigenvalue weighted by molar-refractivity contribution is 5.75. The van der Waals surface area contributed by atoms with Crippen molar-refractivity contribution in [1.29, 1.82) is 0 Å². The van der Waals surface area contributed by atoms with Crippen molar-refractivity contribution in [1.82, 2.24) is 10.2 Å². The number of hydrogen-bond donors (Lipinski definition) is 1. The van der Waals surface area contributed by atoms with E-state index in [1.165, 1.54) is 45.8 Å². The largest absolute Gasteiger partial charge is 0.468 e. The fourth-order valence-corrected chi connectivity index (χ4v) is 2.89. The fraction of sp³-hybridized carbons (Fsp3) is 0.929. The van der Waals surface area contributed by atoms with E-state index in [2.05, 4.69) is 17.1 Å².